The molecule has 4 rings (SSSR count). The first-order valence-electron chi connectivity index (χ1n) is 9.21. The lowest BCUT2D eigenvalue weighted by atomic mass is 10.0. The Morgan fingerprint density at radius 3 is 2.53 bits per heavy atom. The normalized spacial score (nSPS) is 12.1. The summed E-state index contributed by atoms with van der Waals surface area (Å²) in [5, 5.41) is 31.4. The van der Waals surface area contributed by atoms with Crippen LogP contribution in [0.4, 0.5) is 20.3 Å². The molecule has 2 aromatic carbocycles. The number of halogens is 2. The van der Waals surface area contributed by atoms with E-state index in [1.165, 1.54) is 6.20 Å². The van der Waals surface area contributed by atoms with Gasteiger partial charge in [0.2, 0.25) is 0 Å². The van der Waals surface area contributed by atoms with E-state index in [1.54, 1.807) is 48.7 Å². The molecule has 0 spiro atoms. The molecule has 30 heavy (non-hydrogen) atoms. The van der Waals surface area contributed by atoms with Gasteiger partial charge in [-0.25, -0.2) is 8.78 Å². The molecule has 2 heterocycles. The van der Waals surface area contributed by atoms with Gasteiger partial charge in [-0.1, -0.05) is 18.2 Å². The number of rotatable bonds is 6. The Balaban J connectivity index is 1.67. The van der Waals surface area contributed by atoms with Crippen LogP contribution < -0.4 is 5.32 Å². The summed E-state index contributed by atoms with van der Waals surface area (Å²) < 4.78 is 27.2. The van der Waals surface area contributed by atoms with E-state index >= 15 is 0 Å². The van der Waals surface area contributed by atoms with E-state index in [0.717, 1.165) is 22.5 Å². The maximum Gasteiger partial charge on any atom is 0.160 e. The molecule has 0 aliphatic carbocycles. The number of nitrogens with zero attached hydrogens (tertiary/aromatic N) is 3. The summed E-state index contributed by atoms with van der Waals surface area (Å²) in [6.07, 6.45) is 1.72. The Labute approximate surface area is 170 Å². The van der Waals surface area contributed by atoms with Gasteiger partial charge in [0.1, 0.15) is 24.3 Å². The first kappa shape index (κ1) is 19.8. The Morgan fingerprint density at radius 1 is 1.03 bits per heavy atom. The molecule has 0 aliphatic heterocycles. The summed E-state index contributed by atoms with van der Waals surface area (Å²) in [7, 11) is 0. The van der Waals surface area contributed by atoms with Gasteiger partial charge in [-0.3, -0.25) is 4.98 Å². The highest BCUT2D eigenvalue weighted by atomic mass is 19.1. The predicted molar refractivity (Wildman–Crippen MR) is 109 cm³/mol. The number of aliphatic hydroxyl groups excluding tert-OH is 2. The smallest absolute Gasteiger partial charge is 0.160 e. The molecule has 0 bridgehead atoms. The minimum absolute atomic E-state index is 0.124. The third-order valence-corrected chi connectivity index (χ3v) is 4.73. The van der Waals surface area contributed by atoms with Crippen LogP contribution in [0, 0.1) is 5.82 Å². The largest absolute Gasteiger partial charge is 0.393 e. The molecule has 0 saturated carbocycles. The van der Waals surface area contributed by atoms with Crippen LogP contribution in [0.2, 0.25) is 0 Å². The highest BCUT2D eigenvalue weighted by molar-refractivity contribution is 5.95. The van der Waals surface area contributed by atoms with Gasteiger partial charge in [-0.2, -0.15) is 5.10 Å². The summed E-state index contributed by atoms with van der Waals surface area (Å²) in [5.41, 5.74) is 2.19. The molecule has 0 saturated heterocycles. The Bertz CT molecular complexity index is 1190. The number of aromatic nitrogens is 3. The minimum atomic E-state index is -1.18. The third-order valence-electron chi connectivity index (χ3n) is 4.73. The number of hydrogen-bond acceptors (Lipinski definition) is 6. The van der Waals surface area contributed by atoms with Gasteiger partial charge < -0.3 is 15.5 Å². The molecule has 0 amide bonds. The molecule has 0 fully saturated rings. The highest BCUT2D eigenvalue weighted by Crippen LogP contribution is 2.29. The van der Waals surface area contributed by atoms with Crippen LogP contribution in [0.25, 0.3) is 22.0 Å². The number of aliphatic hydroxyl groups is 2. The van der Waals surface area contributed by atoms with E-state index in [9.17, 15) is 13.9 Å². The second kappa shape index (κ2) is 8.48. The topological polar surface area (TPSA) is 91.2 Å². The fourth-order valence-electron chi connectivity index (χ4n) is 3.09. The summed E-state index contributed by atoms with van der Waals surface area (Å²) in [4.78, 5) is 4.10. The van der Waals surface area contributed by atoms with Crippen LogP contribution in [-0.4, -0.2) is 32.0 Å². The van der Waals surface area contributed by atoms with Crippen LogP contribution >= 0.6 is 0 Å². The van der Waals surface area contributed by atoms with E-state index in [0.29, 0.717) is 16.9 Å². The maximum absolute atomic E-state index is 14.5. The van der Waals surface area contributed by atoms with Crippen molar-refractivity contribution in [3.8, 4) is 11.3 Å². The average Bonchev–Trinajstić information content (AvgIpc) is 2.79. The molecule has 3 N–H and O–H groups in total. The number of benzene rings is 2. The molecule has 152 valence electrons. The standard InChI is InChI=1S/C22H18F2N4O2/c23-9-13-1-4-17(5-2-13)27-22-18-6-3-14(7-15(18)11-26-28-22)21-19(24)8-16(10-25-21)20(30)12-29/h1-8,10-11,20,29-30H,9,12H2,(H,27,28)/t20-/m1/s1. The number of pyridine rings is 1. The van der Waals surface area contributed by atoms with E-state index in [-0.39, 0.29) is 11.3 Å². The molecule has 4 aromatic rings. The van der Waals surface area contributed by atoms with Crippen LogP contribution in [0.5, 0.6) is 0 Å². The zero-order valence-electron chi connectivity index (χ0n) is 15.8. The third kappa shape index (κ3) is 3.96. The quantitative estimate of drug-likeness (QED) is 0.446. The maximum atomic E-state index is 14.5. The van der Waals surface area contributed by atoms with Gasteiger partial charge in [-0.15, -0.1) is 5.10 Å². The van der Waals surface area contributed by atoms with Crippen molar-refractivity contribution < 1.29 is 19.0 Å². The molecule has 8 heteroatoms. The Morgan fingerprint density at radius 2 is 1.83 bits per heavy atom. The lowest BCUT2D eigenvalue weighted by molar-refractivity contribution is 0.0951. The molecule has 0 radical (unpaired) electrons. The minimum Gasteiger partial charge on any atom is -0.393 e. The van der Waals surface area contributed by atoms with E-state index in [2.05, 4.69) is 20.5 Å². The lowest BCUT2D eigenvalue weighted by Gasteiger charge is -2.11. The fraction of sp³-hybridized carbons (Fsp3) is 0.136. The number of nitrogens with one attached hydrogen (secondary N) is 1. The monoisotopic (exact) mass is 408 g/mol. The number of anilines is 2. The van der Waals surface area contributed by atoms with Crippen molar-refractivity contribution in [3.05, 3.63) is 77.9 Å². The first-order chi connectivity index (χ1) is 14.6. The summed E-state index contributed by atoms with van der Waals surface area (Å²) >= 11 is 0. The summed E-state index contributed by atoms with van der Waals surface area (Å²) in [6.45, 7) is -1.04. The van der Waals surface area contributed by atoms with Crippen molar-refractivity contribution in [1.29, 1.82) is 0 Å². The Kier molecular flexibility index (Phi) is 5.60. The molecular weight excluding hydrogens is 390 g/mol. The highest BCUT2D eigenvalue weighted by Gasteiger charge is 2.14. The number of hydrogen-bond donors (Lipinski definition) is 3. The van der Waals surface area contributed by atoms with Gasteiger partial charge in [0, 0.05) is 33.8 Å². The van der Waals surface area contributed by atoms with Crippen LogP contribution in [0.3, 0.4) is 0 Å². The number of fused-ring (bicyclic) bond motifs is 1. The second-order valence-corrected chi connectivity index (χ2v) is 6.75. The van der Waals surface area contributed by atoms with Crippen molar-refractivity contribution in [1.82, 2.24) is 15.2 Å². The molecule has 0 unspecified atom stereocenters. The molecular formula is C22H18F2N4O2. The predicted octanol–water partition coefficient (Wildman–Crippen LogP) is 4.07. The molecule has 2 aromatic heterocycles. The van der Waals surface area contributed by atoms with E-state index < -0.39 is 25.2 Å². The van der Waals surface area contributed by atoms with E-state index in [4.69, 9.17) is 5.11 Å². The Hall–Kier alpha value is -3.49. The lowest BCUT2D eigenvalue weighted by Crippen LogP contribution is -2.04. The van der Waals surface area contributed by atoms with Crippen LogP contribution in [0.15, 0.2) is 60.9 Å². The fourth-order valence-corrected chi connectivity index (χ4v) is 3.09. The second-order valence-electron chi connectivity index (χ2n) is 6.75. The van der Waals surface area contributed by atoms with Crippen molar-refractivity contribution in [3.63, 3.8) is 0 Å². The average molecular weight is 408 g/mol. The molecule has 1 atom stereocenters. The van der Waals surface area contributed by atoms with Gasteiger partial charge in [0.25, 0.3) is 0 Å². The molecule has 0 aliphatic rings. The summed E-state index contributed by atoms with van der Waals surface area (Å²) in [6, 6.07) is 13.3. The van der Waals surface area contributed by atoms with Crippen LogP contribution in [0.1, 0.15) is 17.2 Å². The van der Waals surface area contributed by atoms with E-state index in [1.807, 2.05) is 0 Å². The van der Waals surface area contributed by atoms with Crippen molar-refractivity contribution in [2.75, 3.05) is 11.9 Å². The zero-order chi connectivity index (χ0) is 21.1. The number of alkyl halides is 1. The van der Waals surface area contributed by atoms with Gasteiger partial charge in [-0.05, 0) is 35.9 Å². The zero-order valence-corrected chi connectivity index (χ0v) is 15.8. The first-order valence-corrected chi connectivity index (χ1v) is 9.21. The van der Waals surface area contributed by atoms with Gasteiger partial charge in [0.15, 0.2) is 5.82 Å². The SMILES string of the molecule is OC[C@@H](O)c1cnc(-c2ccc3c(Nc4ccc(CF)cc4)nncc3c2)c(F)c1. The summed E-state index contributed by atoms with van der Waals surface area (Å²) in [5.74, 6) is -0.0884. The van der Waals surface area contributed by atoms with Gasteiger partial charge >= 0.3 is 0 Å². The van der Waals surface area contributed by atoms with Crippen molar-refractivity contribution in [2.45, 2.75) is 12.8 Å². The van der Waals surface area contributed by atoms with Crippen LogP contribution in [-0.2, 0) is 6.67 Å². The van der Waals surface area contributed by atoms with Crippen molar-refractivity contribution in [2.24, 2.45) is 0 Å². The van der Waals surface area contributed by atoms with Gasteiger partial charge in [0.05, 0.1) is 12.8 Å². The molecule has 6 nitrogen and oxygen atoms in total. The van der Waals surface area contributed by atoms with Crippen molar-refractivity contribution >= 4 is 22.3 Å².